The van der Waals surface area contributed by atoms with Gasteiger partial charge in [0, 0.05) is 38.1 Å². The van der Waals surface area contributed by atoms with Gasteiger partial charge in [-0.1, -0.05) is 43.7 Å². The van der Waals surface area contributed by atoms with E-state index >= 15 is 0 Å². The first-order valence-corrected chi connectivity index (χ1v) is 9.56. The van der Waals surface area contributed by atoms with Gasteiger partial charge < -0.3 is 19.9 Å². The molecule has 0 atom stereocenters. The number of benzene rings is 1. The van der Waals surface area contributed by atoms with Crippen molar-refractivity contribution in [2.75, 3.05) is 32.7 Å². The van der Waals surface area contributed by atoms with Crippen LogP contribution in [0, 0.1) is 6.92 Å². The average molecular weight is 376 g/mol. The molecule has 1 aliphatic rings. The Bertz CT molecular complexity index is 671. The second kappa shape index (κ2) is 8.19. The lowest BCUT2D eigenvalue weighted by atomic mass is 9.84. The summed E-state index contributed by atoms with van der Waals surface area (Å²) in [5.74, 6) is 0. The van der Waals surface area contributed by atoms with Crippen LogP contribution >= 0.6 is 0 Å². The zero-order valence-electron chi connectivity index (χ0n) is 17.5. The molecule has 150 valence electrons. The molecule has 1 heterocycles. The zero-order chi connectivity index (χ0) is 20.2. The van der Waals surface area contributed by atoms with Crippen molar-refractivity contribution in [3.05, 3.63) is 35.4 Å². The van der Waals surface area contributed by atoms with Gasteiger partial charge in [0.05, 0.1) is 0 Å². The molecule has 1 aliphatic heterocycles. The summed E-state index contributed by atoms with van der Waals surface area (Å²) in [6.45, 7) is 14.4. The van der Waals surface area contributed by atoms with E-state index in [-0.39, 0.29) is 17.5 Å². The fourth-order valence-corrected chi connectivity index (χ4v) is 3.00. The van der Waals surface area contributed by atoms with E-state index in [9.17, 15) is 9.59 Å². The van der Waals surface area contributed by atoms with Crippen LogP contribution in [0.2, 0.25) is 0 Å². The van der Waals surface area contributed by atoms with E-state index in [4.69, 9.17) is 4.74 Å². The van der Waals surface area contributed by atoms with Crippen molar-refractivity contribution < 1.29 is 14.3 Å². The molecular weight excluding hydrogens is 342 g/mol. The van der Waals surface area contributed by atoms with Crippen LogP contribution < -0.4 is 5.32 Å². The zero-order valence-corrected chi connectivity index (χ0v) is 17.5. The molecule has 2 rings (SSSR count). The molecule has 0 saturated carbocycles. The van der Waals surface area contributed by atoms with Gasteiger partial charge in [0.1, 0.15) is 5.60 Å². The van der Waals surface area contributed by atoms with Crippen molar-refractivity contribution in [2.24, 2.45) is 0 Å². The Balaban J connectivity index is 1.83. The number of nitrogens with one attached hydrogen (secondary N) is 1. The van der Waals surface area contributed by atoms with E-state index in [1.807, 2.05) is 26.8 Å². The first-order valence-electron chi connectivity index (χ1n) is 9.56. The molecule has 1 saturated heterocycles. The summed E-state index contributed by atoms with van der Waals surface area (Å²) in [6.07, 6.45) is -0.317. The van der Waals surface area contributed by atoms with Gasteiger partial charge in [0.15, 0.2) is 0 Å². The molecule has 6 heteroatoms. The highest BCUT2D eigenvalue weighted by molar-refractivity contribution is 5.75. The number of carbonyl (C=O) groups is 2. The Hall–Kier alpha value is -2.24. The minimum Gasteiger partial charge on any atom is -0.444 e. The standard InChI is InChI=1S/C21H33N3O3/c1-16-8-7-9-17(14-16)21(5,6)15-22-18(25)23-10-12-24(13-11-23)19(26)27-20(2,3)4/h7-9,14H,10-13,15H2,1-6H3,(H,22,25). The van der Waals surface area contributed by atoms with Crippen LogP contribution in [0.25, 0.3) is 0 Å². The third-order valence-corrected chi connectivity index (χ3v) is 4.70. The fourth-order valence-electron chi connectivity index (χ4n) is 3.00. The van der Waals surface area contributed by atoms with Gasteiger partial charge in [-0.05, 0) is 33.3 Å². The third-order valence-electron chi connectivity index (χ3n) is 4.70. The molecule has 0 bridgehead atoms. The number of hydrogen-bond acceptors (Lipinski definition) is 3. The first-order chi connectivity index (χ1) is 12.5. The van der Waals surface area contributed by atoms with E-state index in [0.717, 1.165) is 0 Å². The van der Waals surface area contributed by atoms with E-state index in [1.54, 1.807) is 9.80 Å². The summed E-state index contributed by atoms with van der Waals surface area (Å²) < 4.78 is 5.39. The van der Waals surface area contributed by atoms with E-state index in [0.29, 0.717) is 32.7 Å². The molecule has 0 spiro atoms. The van der Waals surface area contributed by atoms with Gasteiger partial charge in [0.25, 0.3) is 0 Å². The minimum absolute atomic E-state index is 0.0837. The Morgan fingerprint density at radius 3 is 2.19 bits per heavy atom. The predicted octanol–water partition coefficient (Wildman–Crippen LogP) is 3.53. The minimum atomic E-state index is -0.507. The maximum atomic E-state index is 12.5. The SMILES string of the molecule is Cc1cccc(C(C)(C)CNC(=O)N2CCN(C(=O)OC(C)(C)C)CC2)c1. The first kappa shape index (κ1) is 21.1. The molecule has 6 nitrogen and oxygen atoms in total. The average Bonchev–Trinajstić information content (AvgIpc) is 2.58. The summed E-state index contributed by atoms with van der Waals surface area (Å²) in [5.41, 5.74) is 1.76. The van der Waals surface area contributed by atoms with Crippen LogP contribution in [0.4, 0.5) is 9.59 Å². The molecule has 0 unspecified atom stereocenters. The highest BCUT2D eigenvalue weighted by atomic mass is 16.6. The van der Waals surface area contributed by atoms with Crippen molar-refractivity contribution in [1.29, 1.82) is 0 Å². The summed E-state index contributed by atoms with van der Waals surface area (Å²) in [7, 11) is 0. The monoisotopic (exact) mass is 375 g/mol. The summed E-state index contributed by atoms with van der Waals surface area (Å²) in [4.78, 5) is 28.1. The third kappa shape index (κ3) is 6.15. The smallest absolute Gasteiger partial charge is 0.410 e. The molecule has 0 radical (unpaired) electrons. The van der Waals surface area contributed by atoms with Crippen LogP contribution in [-0.2, 0) is 10.2 Å². The van der Waals surface area contributed by atoms with E-state index in [2.05, 4.69) is 44.3 Å². The van der Waals surface area contributed by atoms with Gasteiger partial charge >= 0.3 is 12.1 Å². The molecule has 1 N–H and O–H groups in total. The lowest BCUT2D eigenvalue weighted by Gasteiger charge is -2.36. The number of ether oxygens (including phenoxy) is 1. The van der Waals surface area contributed by atoms with Crippen LogP contribution in [0.15, 0.2) is 24.3 Å². The second-order valence-corrected chi connectivity index (χ2v) is 8.87. The lowest BCUT2D eigenvalue weighted by molar-refractivity contribution is 0.0170. The van der Waals surface area contributed by atoms with Gasteiger partial charge in [-0.15, -0.1) is 0 Å². The quantitative estimate of drug-likeness (QED) is 0.879. The Labute approximate surface area is 162 Å². The van der Waals surface area contributed by atoms with Gasteiger partial charge in [0.2, 0.25) is 0 Å². The van der Waals surface area contributed by atoms with Crippen LogP contribution in [-0.4, -0.2) is 60.2 Å². The van der Waals surface area contributed by atoms with Crippen LogP contribution in [0.1, 0.15) is 45.7 Å². The Morgan fingerprint density at radius 1 is 1.04 bits per heavy atom. The van der Waals surface area contributed by atoms with Crippen LogP contribution in [0.5, 0.6) is 0 Å². The van der Waals surface area contributed by atoms with Crippen molar-refractivity contribution in [2.45, 2.75) is 52.6 Å². The van der Waals surface area contributed by atoms with Crippen molar-refractivity contribution in [3.8, 4) is 0 Å². The Morgan fingerprint density at radius 2 is 1.63 bits per heavy atom. The predicted molar refractivity (Wildman–Crippen MR) is 107 cm³/mol. The van der Waals surface area contributed by atoms with Crippen LogP contribution in [0.3, 0.4) is 0 Å². The lowest BCUT2D eigenvalue weighted by Crippen LogP contribution is -2.54. The highest BCUT2D eigenvalue weighted by Crippen LogP contribution is 2.23. The van der Waals surface area contributed by atoms with Gasteiger partial charge in [-0.25, -0.2) is 9.59 Å². The number of carbonyl (C=O) groups excluding carboxylic acids is 2. The van der Waals surface area contributed by atoms with E-state index < -0.39 is 5.60 Å². The summed E-state index contributed by atoms with van der Waals surface area (Å²) >= 11 is 0. The number of nitrogens with zero attached hydrogens (tertiary/aromatic N) is 2. The Kier molecular flexibility index (Phi) is 6.39. The van der Waals surface area contributed by atoms with E-state index in [1.165, 1.54) is 11.1 Å². The fraction of sp³-hybridized carbons (Fsp3) is 0.619. The number of urea groups is 1. The summed E-state index contributed by atoms with van der Waals surface area (Å²) in [6, 6.07) is 8.29. The maximum absolute atomic E-state index is 12.5. The van der Waals surface area contributed by atoms with Gasteiger partial charge in [-0.3, -0.25) is 0 Å². The summed E-state index contributed by atoms with van der Waals surface area (Å²) in [5, 5.41) is 3.05. The number of piperazine rings is 1. The molecule has 1 fully saturated rings. The topological polar surface area (TPSA) is 61.9 Å². The highest BCUT2D eigenvalue weighted by Gasteiger charge is 2.28. The number of rotatable bonds is 3. The van der Waals surface area contributed by atoms with Crippen molar-refractivity contribution in [1.82, 2.24) is 15.1 Å². The molecule has 27 heavy (non-hydrogen) atoms. The van der Waals surface area contributed by atoms with Gasteiger partial charge in [-0.2, -0.15) is 0 Å². The number of amides is 3. The normalized spacial score (nSPS) is 15.5. The second-order valence-electron chi connectivity index (χ2n) is 8.87. The molecule has 0 aromatic heterocycles. The molecular formula is C21H33N3O3. The molecule has 3 amide bonds. The number of aryl methyl sites for hydroxylation is 1. The molecule has 1 aromatic carbocycles. The van der Waals surface area contributed by atoms with Crippen molar-refractivity contribution in [3.63, 3.8) is 0 Å². The number of hydrogen-bond donors (Lipinski definition) is 1. The maximum Gasteiger partial charge on any atom is 0.410 e. The molecule has 0 aliphatic carbocycles. The van der Waals surface area contributed by atoms with Crippen molar-refractivity contribution >= 4 is 12.1 Å². The largest absolute Gasteiger partial charge is 0.444 e. The molecule has 1 aromatic rings.